The molecule has 1 heterocycles. The summed E-state index contributed by atoms with van der Waals surface area (Å²) in [6.07, 6.45) is 2.28. The Balaban J connectivity index is 1.77. The van der Waals surface area contributed by atoms with Gasteiger partial charge in [0, 0.05) is 24.6 Å². The third-order valence-corrected chi connectivity index (χ3v) is 3.16. The summed E-state index contributed by atoms with van der Waals surface area (Å²) in [5.41, 5.74) is 1.51. The van der Waals surface area contributed by atoms with Crippen molar-refractivity contribution in [2.24, 2.45) is 0 Å². The van der Waals surface area contributed by atoms with Crippen LogP contribution in [0, 0.1) is 0 Å². The van der Waals surface area contributed by atoms with E-state index in [-0.39, 0.29) is 18.1 Å². The molecule has 0 radical (unpaired) electrons. The summed E-state index contributed by atoms with van der Waals surface area (Å²) < 4.78 is 5.05. The van der Waals surface area contributed by atoms with Gasteiger partial charge >= 0.3 is 5.97 Å². The van der Waals surface area contributed by atoms with Crippen molar-refractivity contribution in [1.29, 1.82) is 0 Å². The molecular formula is C16H18N2O4. The summed E-state index contributed by atoms with van der Waals surface area (Å²) in [7, 11) is 0. The summed E-state index contributed by atoms with van der Waals surface area (Å²) in [5.74, 6) is -0.934. The van der Waals surface area contributed by atoms with Crippen LogP contribution in [0.15, 0.2) is 40.9 Å². The van der Waals surface area contributed by atoms with E-state index in [1.54, 1.807) is 6.07 Å². The molecule has 6 nitrogen and oxygen atoms in total. The van der Waals surface area contributed by atoms with Gasteiger partial charge in [0.05, 0.1) is 0 Å². The van der Waals surface area contributed by atoms with Gasteiger partial charge in [-0.25, -0.2) is 0 Å². The molecule has 0 saturated carbocycles. The second kappa shape index (κ2) is 7.97. The minimum Gasteiger partial charge on any atom is -0.481 e. The normalized spacial score (nSPS) is 10.4. The van der Waals surface area contributed by atoms with Crippen LogP contribution in [0.1, 0.15) is 36.2 Å². The molecule has 0 unspecified atom stereocenters. The van der Waals surface area contributed by atoms with Crippen LogP contribution >= 0.6 is 0 Å². The molecule has 2 aromatic rings. The van der Waals surface area contributed by atoms with E-state index in [2.05, 4.69) is 10.5 Å². The number of hydrogen-bond acceptors (Lipinski definition) is 4. The van der Waals surface area contributed by atoms with Crippen molar-refractivity contribution >= 4 is 11.9 Å². The second-order valence-corrected chi connectivity index (χ2v) is 4.90. The predicted molar refractivity (Wildman–Crippen MR) is 80.4 cm³/mol. The summed E-state index contributed by atoms with van der Waals surface area (Å²) in [6.45, 7) is 0.486. The summed E-state index contributed by atoms with van der Waals surface area (Å²) in [4.78, 5) is 22.2. The smallest absolute Gasteiger partial charge is 0.303 e. The number of nitrogens with one attached hydrogen (secondary N) is 1. The van der Waals surface area contributed by atoms with Gasteiger partial charge in [0.15, 0.2) is 0 Å². The average molecular weight is 302 g/mol. The maximum Gasteiger partial charge on any atom is 0.303 e. The van der Waals surface area contributed by atoms with Gasteiger partial charge in [-0.1, -0.05) is 41.9 Å². The van der Waals surface area contributed by atoms with Crippen molar-refractivity contribution in [3.8, 4) is 11.3 Å². The highest BCUT2D eigenvalue weighted by molar-refractivity contribution is 5.92. The number of aromatic nitrogens is 1. The van der Waals surface area contributed by atoms with Crippen LogP contribution in [0.2, 0.25) is 0 Å². The van der Waals surface area contributed by atoms with E-state index >= 15 is 0 Å². The highest BCUT2D eigenvalue weighted by atomic mass is 16.5. The van der Waals surface area contributed by atoms with Gasteiger partial charge in [-0.05, 0) is 12.8 Å². The first-order valence-electron chi connectivity index (χ1n) is 7.19. The molecule has 1 aromatic carbocycles. The summed E-state index contributed by atoms with van der Waals surface area (Å²) in [5, 5.41) is 15.1. The van der Waals surface area contributed by atoms with Gasteiger partial charge < -0.3 is 14.9 Å². The minimum absolute atomic E-state index is 0.163. The molecule has 116 valence electrons. The van der Waals surface area contributed by atoms with Crippen molar-refractivity contribution in [3.05, 3.63) is 42.2 Å². The Bertz CT molecular complexity index is 622. The lowest BCUT2D eigenvalue weighted by Crippen LogP contribution is -2.23. The average Bonchev–Trinajstić information content (AvgIpc) is 3.01. The number of carbonyl (C=O) groups excluding carboxylic acids is 1. The maximum atomic E-state index is 11.9. The molecule has 0 saturated heterocycles. The maximum absolute atomic E-state index is 11.9. The lowest BCUT2D eigenvalue weighted by Gasteiger charge is -2.01. The molecule has 0 fully saturated rings. The molecule has 0 aliphatic rings. The van der Waals surface area contributed by atoms with Gasteiger partial charge in [-0.15, -0.1) is 0 Å². The molecule has 0 bridgehead atoms. The van der Waals surface area contributed by atoms with Crippen LogP contribution in [0.25, 0.3) is 11.3 Å². The van der Waals surface area contributed by atoms with Crippen LogP contribution in [0.5, 0.6) is 0 Å². The SMILES string of the molecule is O=C(O)CCCCCNC(=O)c1cc(-c2ccccc2)no1. The Hall–Kier alpha value is -2.63. The quantitative estimate of drug-likeness (QED) is 0.731. The first kappa shape index (κ1) is 15.8. The highest BCUT2D eigenvalue weighted by Gasteiger charge is 2.13. The van der Waals surface area contributed by atoms with Gasteiger partial charge in [0.2, 0.25) is 5.76 Å². The van der Waals surface area contributed by atoms with E-state index in [0.717, 1.165) is 18.4 Å². The predicted octanol–water partition coefficient (Wildman–Crippen LogP) is 2.72. The van der Waals surface area contributed by atoms with E-state index in [1.165, 1.54) is 0 Å². The van der Waals surface area contributed by atoms with Crippen molar-refractivity contribution < 1.29 is 19.2 Å². The Kier molecular flexibility index (Phi) is 5.71. The minimum atomic E-state index is -0.792. The summed E-state index contributed by atoms with van der Waals surface area (Å²) in [6, 6.07) is 11.1. The Labute approximate surface area is 128 Å². The highest BCUT2D eigenvalue weighted by Crippen LogP contribution is 2.18. The van der Waals surface area contributed by atoms with Gasteiger partial charge in [-0.2, -0.15) is 0 Å². The Morgan fingerprint density at radius 1 is 1.14 bits per heavy atom. The number of nitrogens with zero attached hydrogens (tertiary/aromatic N) is 1. The molecule has 0 atom stereocenters. The molecule has 2 rings (SSSR count). The van der Waals surface area contributed by atoms with Gasteiger partial charge in [0.25, 0.3) is 5.91 Å². The number of carboxylic acids is 1. The van der Waals surface area contributed by atoms with Crippen LogP contribution in [-0.4, -0.2) is 28.7 Å². The van der Waals surface area contributed by atoms with E-state index in [0.29, 0.717) is 18.7 Å². The van der Waals surface area contributed by atoms with Crippen LogP contribution in [-0.2, 0) is 4.79 Å². The number of carbonyl (C=O) groups is 2. The largest absolute Gasteiger partial charge is 0.481 e. The molecular weight excluding hydrogens is 284 g/mol. The standard InChI is InChI=1S/C16H18N2O4/c19-15(20)9-5-2-6-10-17-16(21)14-11-13(18-22-14)12-7-3-1-4-8-12/h1,3-4,7-8,11H,2,5-6,9-10H2,(H,17,21)(H,19,20). The number of aliphatic carboxylic acids is 1. The monoisotopic (exact) mass is 302 g/mol. The number of hydrogen-bond donors (Lipinski definition) is 2. The molecule has 0 aliphatic carbocycles. The zero-order valence-electron chi connectivity index (χ0n) is 12.1. The molecule has 1 amide bonds. The zero-order chi connectivity index (χ0) is 15.8. The third kappa shape index (κ3) is 4.73. The number of rotatable bonds is 8. The van der Waals surface area contributed by atoms with Crippen molar-refractivity contribution in [2.45, 2.75) is 25.7 Å². The molecule has 2 N–H and O–H groups in total. The number of unbranched alkanes of at least 4 members (excludes halogenated alkanes) is 2. The van der Waals surface area contributed by atoms with E-state index in [4.69, 9.17) is 9.63 Å². The Morgan fingerprint density at radius 3 is 2.64 bits per heavy atom. The zero-order valence-corrected chi connectivity index (χ0v) is 12.1. The summed E-state index contributed by atoms with van der Waals surface area (Å²) >= 11 is 0. The first-order valence-corrected chi connectivity index (χ1v) is 7.19. The second-order valence-electron chi connectivity index (χ2n) is 4.90. The first-order chi connectivity index (χ1) is 10.7. The van der Waals surface area contributed by atoms with Crippen molar-refractivity contribution in [1.82, 2.24) is 10.5 Å². The van der Waals surface area contributed by atoms with Crippen LogP contribution in [0.3, 0.4) is 0 Å². The molecule has 22 heavy (non-hydrogen) atoms. The molecule has 0 aliphatic heterocycles. The van der Waals surface area contributed by atoms with Gasteiger partial charge in [-0.3, -0.25) is 9.59 Å². The fourth-order valence-corrected chi connectivity index (χ4v) is 1.99. The number of carboxylic acid groups (broad SMARTS) is 1. The van der Waals surface area contributed by atoms with E-state index in [9.17, 15) is 9.59 Å². The topological polar surface area (TPSA) is 92.4 Å². The third-order valence-electron chi connectivity index (χ3n) is 3.16. The fraction of sp³-hybridized carbons (Fsp3) is 0.312. The lowest BCUT2D eigenvalue weighted by atomic mass is 10.1. The fourth-order valence-electron chi connectivity index (χ4n) is 1.99. The number of amides is 1. The molecule has 0 spiro atoms. The van der Waals surface area contributed by atoms with Crippen LogP contribution < -0.4 is 5.32 Å². The van der Waals surface area contributed by atoms with Gasteiger partial charge in [0.1, 0.15) is 5.69 Å². The van der Waals surface area contributed by atoms with Crippen molar-refractivity contribution in [2.75, 3.05) is 6.54 Å². The number of benzene rings is 1. The lowest BCUT2D eigenvalue weighted by molar-refractivity contribution is -0.137. The Morgan fingerprint density at radius 2 is 1.91 bits per heavy atom. The van der Waals surface area contributed by atoms with E-state index in [1.807, 2.05) is 30.3 Å². The van der Waals surface area contributed by atoms with E-state index < -0.39 is 5.97 Å². The van der Waals surface area contributed by atoms with Crippen molar-refractivity contribution in [3.63, 3.8) is 0 Å². The van der Waals surface area contributed by atoms with Crippen LogP contribution in [0.4, 0.5) is 0 Å². The molecule has 6 heteroatoms. The molecule has 1 aromatic heterocycles.